The van der Waals surface area contributed by atoms with Gasteiger partial charge < -0.3 is 20.1 Å². The molecule has 1 aliphatic carbocycles. The Morgan fingerprint density at radius 3 is 2.59 bits per heavy atom. The van der Waals surface area contributed by atoms with Gasteiger partial charge in [0.05, 0.1) is 13.2 Å². The number of aliphatic hydroxyl groups excluding tert-OH is 1. The second-order valence-corrected chi connectivity index (χ2v) is 8.67. The number of anilines is 1. The first kappa shape index (κ1) is 22.3. The number of allylic oxidation sites excluding steroid dienone is 2. The van der Waals surface area contributed by atoms with Crippen molar-refractivity contribution in [1.82, 2.24) is 10.3 Å². The molecule has 0 spiro atoms. The van der Waals surface area contributed by atoms with Crippen molar-refractivity contribution in [1.29, 1.82) is 0 Å². The number of amides is 1. The molecule has 0 radical (unpaired) electrons. The Kier molecular flexibility index (Phi) is 7.77. The fraction of sp³-hybridized carbons (Fsp3) is 0.462. The maximum absolute atomic E-state index is 12.1. The van der Waals surface area contributed by atoms with Gasteiger partial charge in [0.1, 0.15) is 11.6 Å². The Morgan fingerprint density at radius 2 is 1.94 bits per heavy atom. The Labute approximate surface area is 190 Å². The first-order valence-electron chi connectivity index (χ1n) is 11.7. The normalized spacial score (nSPS) is 19.3. The van der Waals surface area contributed by atoms with Gasteiger partial charge in [-0.05, 0) is 73.4 Å². The highest BCUT2D eigenvalue weighted by molar-refractivity contribution is 5.80. The molecule has 32 heavy (non-hydrogen) atoms. The van der Waals surface area contributed by atoms with Gasteiger partial charge in [-0.25, -0.2) is 4.98 Å². The second kappa shape index (κ2) is 11.1. The molecular weight excluding hydrogens is 402 g/mol. The van der Waals surface area contributed by atoms with Crippen molar-refractivity contribution in [3.63, 3.8) is 0 Å². The minimum atomic E-state index is -0.0155. The second-order valence-electron chi connectivity index (χ2n) is 8.67. The van der Waals surface area contributed by atoms with E-state index < -0.39 is 0 Å². The van der Waals surface area contributed by atoms with Crippen LogP contribution >= 0.6 is 0 Å². The van der Waals surface area contributed by atoms with Gasteiger partial charge in [-0.1, -0.05) is 24.3 Å². The van der Waals surface area contributed by atoms with Gasteiger partial charge in [-0.15, -0.1) is 0 Å². The average Bonchev–Trinajstić information content (AvgIpc) is 2.87. The molecule has 1 aromatic heterocycles. The summed E-state index contributed by atoms with van der Waals surface area (Å²) in [5.41, 5.74) is 2.50. The topological polar surface area (TPSA) is 74.7 Å². The number of aliphatic hydroxyl groups is 1. The van der Waals surface area contributed by atoms with Crippen LogP contribution in [0.5, 0.6) is 5.75 Å². The van der Waals surface area contributed by atoms with Gasteiger partial charge in [0, 0.05) is 31.7 Å². The molecule has 1 unspecified atom stereocenters. The third-order valence-electron chi connectivity index (χ3n) is 6.49. The zero-order chi connectivity index (χ0) is 22.2. The van der Waals surface area contributed by atoms with Crippen LogP contribution < -0.4 is 15.0 Å². The summed E-state index contributed by atoms with van der Waals surface area (Å²) >= 11 is 0. The lowest BCUT2D eigenvalue weighted by molar-refractivity contribution is -0.125. The van der Waals surface area contributed by atoms with Gasteiger partial charge in [0.2, 0.25) is 5.91 Å². The summed E-state index contributed by atoms with van der Waals surface area (Å²) in [5.74, 6) is 2.61. The van der Waals surface area contributed by atoms with Gasteiger partial charge in [-0.2, -0.15) is 0 Å². The van der Waals surface area contributed by atoms with Crippen LogP contribution in [0.25, 0.3) is 5.57 Å². The van der Waals surface area contributed by atoms with E-state index in [1.807, 2.05) is 18.3 Å². The van der Waals surface area contributed by atoms with Crippen molar-refractivity contribution in [2.75, 3.05) is 37.7 Å². The molecule has 1 fully saturated rings. The van der Waals surface area contributed by atoms with Crippen LogP contribution in [-0.2, 0) is 4.79 Å². The van der Waals surface area contributed by atoms with E-state index in [1.54, 1.807) is 0 Å². The summed E-state index contributed by atoms with van der Waals surface area (Å²) in [4.78, 5) is 18.9. The van der Waals surface area contributed by atoms with Crippen molar-refractivity contribution in [3.8, 4) is 5.75 Å². The van der Waals surface area contributed by atoms with Crippen molar-refractivity contribution in [3.05, 3.63) is 60.3 Å². The zero-order valence-electron chi connectivity index (χ0n) is 18.6. The van der Waals surface area contributed by atoms with Crippen LogP contribution in [0.3, 0.4) is 0 Å². The molecule has 2 heterocycles. The predicted octanol–water partition coefficient (Wildman–Crippen LogP) is 3.67. The molecule has 1 aromatic carbocycles. The largest absolute Gasteiger partial charge is 0.493 e. The standard InChI is InChI=1S/C26H33N3O3/c30-18-15-28-26(31)23-6-4-21(5-7-23)22-8-10-24(11-9-22)32-19-20-12-16-29(17-13-20)25-3-1-2-14-27-25/h1-4,8-11,14,20,23,30H,5-7,12-13,15-19H2,(H,28,31). The van der Waals surface area contributed by atoms with E-state index in [0.717, 1.165) is 63.4 Å². The molecule has 2 aromatic rings. The molecule has 1 aliphatic heterocycles. The lowest BCUT2D eigenvalue weighted by Gasteiger charge is -2.32. The Morgan fingerprint density at radius 1 is 1.12 bits per heavy atom. The van der Waals surface area contributed by atoms with Crippen molar-refractivity contribution in [2.45, 2.75) is 32.1 Å². The molecule has 6 nitrogen and oxygen atoms in total. The fourth-order valence-corrected chi connectivity index (χ4v) is 4.51. The van der Waals surface area contributed by atoms with Crippen LogP contribution in [-0.4, -0.2) is 48.8 Å². The number of rotatable bonds is 8. The van der Waals surface area contributed by atoms with Gasteiger partial charge in [0.15, 0.2) is 0 Å². The van der Waals surface area contributed by atoms with Crippen LogP contribution in [0.4, 0.5) is 5.82 Å². The zero-order valence-corrected chi connectivity index (χ0v) is 18.6. The first-order valence-corrected chi connectivity index (χ1v) is 11.7. The smallest absolute Gasteiger partial charge is 0.223 e. The summed E-state index contributed by atoms with van der Waals surface area (Å²) in [6.45, 7) is 3.12. The number of benzene rings is 1. The van der Waals surface area contributed by atoms with Crippen LogP contribution in [0.2, 0.25) is 0 Å². The number of hydrogen-bond donors (Lipinski definition) is 2. The number of piperidine rings is 1. The third-order valence-corrected chi connectivity index (χ3v) is 6.49. The fourth-order valence-electron chi connectivity index (χ4n) is 4.51. The SMILES string of the molecule is O=C(NCCO)C1CC=C(c2ccc(OCC3CCN(c4ccccn4)CC3)cc2)CC1. The van der Waals surface area contributed by atoms with Gasteiger partial charge in [-0.3, -0.25) is 4.79 Å². The monoisotopic (exact) mass is 435 g/mol. The van der Waals surface area contributed by atoms with Crippen LogP contribution in [0.15, 0.2) is 54.7 Å². The van der Waals surface area contributed by atoms with E-state index in [-0.39, 0.29) is 18.4 Å². The van der Waals surface area contributed by atoms with E-state index in [0.29, 0.717) is 12.5 Å². The summed E-state index contributed by atoms with van der Waals surface area (Å²) in [6.07, 6.45) is 8.76. The number of ether oxygens (including phenoxy) is 1. The molecule has 1 amide bonds. The molecule has 0 saturated carbocycles. The maximum Gasteiger partial charge on any atom is 0.223 e. The molecule has 0 bridgehead atoms. The molecular formula is C26H33N3O3. The third kappa shape index (κ3) is 5.88. The number of carbonyl (C=O) groups is 1. The van der Waals surface area contributed by atoms with E-state index in [4.69, 9.17) is 9.84 Å². The van der Waals surface area contributed by atoms with Crippen LogP contribution in [0, 0.1) is 11.8 Å². The maximum atomic E-state index is 12.1. The van der Waals surface area contributed by atoms with Crippen molar-refractivity contribution < 1.29 is 14.6 Å². The molecule has 170 valence electrons. The van der Waals surface area contributed by atoms with E-state index in [9.17, 15) is 4.79 Å². The van der Waals surface area contributed by atoms with Crippen molar-refractivity contribution in [2.24, 2.45) is 11.8 Å². The van der Waals surface area contributed by atoms with Crippen molar-refractivity contribution >= 4 is 17.3 Å². The summed E-state index contributed by atoms with van der Waals surface area (Å²) in [5, 5.41) is 11.6. The van der Waals surface area contributed by atoms with E-state index in [1.165, 1.54) is 11.1 Å². The lowest BCUT2D eigenvalue weighted by Crippen LogP contribution is -2.35. The molecule has 1 atom stereocenters. The summed E-state index contributed by atoms with van der Waals surface area (Å²) < 4.78 is 6.09. The number of nitrogens with one attached hydrogen (secondary N) is 1. The number of carbonyl (C=O) groups excluding carboxylic acids is 1. The average molecular weight is 436 g/mol. The van der Waals surface area contributed by atoms with Gasteiger partial charge >= 0.3 is 0 Å². The van der Waals surface area contributed by atoms with Crippen LogP contribution in [0.1, 0.15) is 37.7 Å². The molecule has 2 aliphatic rings. The van der Waals surface area contributed by atoms with Gasteiger partial charge in [0.25, 0.3) is 0 Å². The Bertz CT molecular complexity index is 890. The summed E-state index contributed by atoms with van der Waals surface area (Å²) in [6, 6.07) is 14.4. The van der Waals surface area contributed by atoms with E-state index >= 15 is 0 Å². The molecule has 1 saturated heterocycles. The molecule has 4 rings (SSSR count). The highest BCUT2D eigenvalue weighted by atomic mass is 16.5. The molecule has 2 N–H and O–H groups in total. The lowest BCUT2D eigenvalue weighted by atomic mass is 9.86. The Hall–Kier alpha value is -2.86. The predicted molar refractivity (Wildman–Crippen MR) is 127 cm³/mol. The number of aromatic nitrogens is 1. The Balaban J connectivity index is 1.22. The minimum absolute atomic E-state index is 0.0111. The highest BCUT2D eigenvalue weighted by Gasteiger charge is 2.22. The number of pyridine rings is 1. The quantitative estimate of drug-likeness (QED) is 0.662. The number of hydrogen-bond acceptors (Lipinski definition) is 5. The number of nitrogens with zero attached hydrogens (tertiary/aromatic N) is 2. The highest BCUT2D eigenvalue weighted by Crippen LogP contribution is 2.31. The minimum Gasteiger partial charge on any atom is -0.493 e. The first-order chi connectivity index (χ1) is 15.7. The molecule has 6 heteroatoms. The summed E-state index contributed by atoms with van der Waals surface area (Å²) in [7, 11) is 0. The van der Waals surface area contributed by atoms with E-state index in [2.05, 4.69) is 51.6 Å².